The summed E-state index contributed by atoms with van der Waals surface area (Å²) in [6, 6.07) is 1.86. The van der Waals surface area contributed by atoms with E-state index in [1.807, 2.05) is 27.0 Å². The molecular formula is C16H25ClN4O2S. The maximum atomic E-state index is 12.3. The Kier molecular flexibility index (Phi) is 6.20. The Morgan fingerprint density at radius 3 is 2.79 bits per heavy atom. The Labute approximate surface area is 152 Å². The molecule has 0 radical (unpaired) electrons. The number of nitrogens with zero attached hydrogens (tertiary/aromatic N) is 4. The number of rotatable bonds is 3. The molecular weight excluding hydrogens is 348 g/mol. The number of hydrogen-bond donors (Lipinski definition) is 0. The van der Waals surface area contributed by atoms with E-state index in [0.29, 0.717) is 16.9 Å². The molecule has 1 fully saturated rings. The van der Waals surface area contributed by atoms with Gasteiger partial charge in [0.1, 0.15) is 16.6 Å². The summed E-state index contributed by atoms with van der Waals surface area (Å²) in [6.45, 7) is 7.22. The highest BCUT2D eigenvalue weighted by Gasteiger charge is 2.29. The number of thioether (sulfide) groups is 1. The molecule has 0 N–H and O–H groups in total. The van der Waals surface area contributed by atoms with Gasteiger partial charge in [-0.05, 0) is 39.9 Å². The third-order valence-electron chi connectivity index (χ3n) is 3.79. The Balaban J connectivity index is 2.09. The molecule has 0 saturated carbocycles. The van der Waals surface area contributed by atoms with Gasteiger partial charge in [0.15, 0.2) is 5.16 Å². The van der Waals surface area contributed by atoms with E-state index < -0.39 is 5.60 Å². The highest BCUT2D eigenvalue weighted by Crippen LogP contribution is 2.25. The second-order valence-electron chi connectivity index (χ2n) is 6.87. The largest absolute Gasteiger partial charge is 0.444 e. The van der Waals surface area contributed by atoms with Crippen LogP contribution in [0.5, 0.6) is 0 Å². The SMILES string of the molecule is CSc1nc(Cl)cc(N2CCC[C@@H](N(C)C(=O)OC(C)(C)C)C2)n1. The average Bonchev–Trinajstić information content (AvgIpc) is 2.52. The van der Waals surface area contributed by atoms with E-state index in [1.165, 1.54) is 11.8 Å². The predicted molar refractivity (Wildman–Crippen MR) is 98.1 cm³/mol. The second-order valence-corrected chi connectivity index (χ2v) is 8.03. The molecule has 0 spiro atoms. The van der Waals surface area contributed by atoms with Gasteiger partial charge in [0.05, 0.1) is 6.04 Å². The van der Waals surface area contributed by atoms with Crippen LogP contribution < -0.4 is 4.90 Å². The second kappa shape index (κ2) is 7.78. The van der Waals surface area contributed by atoms with Crippen molar-refractivity contribution in [2.75, 3.05) is 31.3 Å². The number of carbonyl (C=O) groups is 1. The molecule has 0 unspecified atom stereocenters. The van der Waals surface area contributed by atoms with E-state index in [1.54, 1.807) is 18.0 Å². The lowest BCUT2D eigenvalue weighted by Crippen LogP contribution is -2.50. The monoisotopic (exact) mass is 372 g/mol. The van der Waals surface area contributed by atoms with Gasteiger partial charge < -0.3 is 14.5 Å². The van der Waals surface area contributed by atoms with Crippen LogP contribution in [0.3, 0.4) is 0 Å². The van der Waals surface area contributed by atoms with E-state index in [-0.39, 0.29) is 12.1 Å². The minimum atomic E-state index is -0.493. The van der Waals surface area contributed by atoms with Gasteiger partial charge in [-0.1, -0.05) is 23.4 Å². The molecule has 2 heterocycles. The number of likely N-dealkylation sites (N-methyl/N-ethyl adjacent to an activating group) is 1. The average molecular weight is 373 g/mol. The standard InChI is InChI=1S/C16H25ClN4O2S/c1-16(2,3)23-15(22)20(4)11-7-6-8-21(10-11)13-9-12(17)18-14(19-13)24-5/h9,11H,6-8,10H2,1-5H3/t11-/m1/s1. The molecule has 8 heteroatoms. The number of ether oxygens (including phenoxy) is 1. The topological polar surface area (TPSA) is 58.6 Å². The first-order chi connectivity index (χ1) is 11.2. The quantitative estimate of drug-likeness (QED) is 0.458. The van der Waals surface area contributed by atoms with Crippen LogP contribution in [0.25, 0.3) is 0 Å². The van der Waals surface area contributed by atoms with Gasteiger partial charge >= 0.3 is 6.09 Å². The summed E-state index contributed by atoms with van der Waals surface area (Å²) < 4.78 is 5.47. The van der Waals surface area contributed by atoms with Gasteiger partial charge in [-0.15, -0.1) is 0 Å². The summed E-state index contributed by atoms with van der Waals surface area (Å²) in [7, 11) is 1.79. The highest BCUT2D eigenvalue weighted by atomic mass is 35.5. The van der Waals surface area contributed by atoms with Crippen LogP contribution >= 0.6 is 23.4 Å². The first-order valence-electron chi connectivity index (χ1n) is 7.99. The van der Waals surface area contributed by atoms with Crippen molar-refractivity contribution in [2.45, 2.75) is 50.4 Å². The summed E-state index contributed by atoms with van der Waals surface area (Å²) in [4.78, 5) is 24.8. The molecule has 1 amide bonds. The van der Waals surface area contributed by atoms with Crippen molar-refractivity contribution >= 4 is 35.3 Å². The van der Waals surface area contributed by atoms with Crippen molar-refractivity contribution in [3.05, 3.63) is 11.2 Å². The van der Waals surface area contributed by atoms with E-state index in [9.17, 15) is 4.79 Å². The third-order valence-corrected chi connectivity index (χ3v) is 4.53. The van der Waals surface area contributed by atoms with E-state index >= 15 is 0 Å². The first kappa shape index (κ1) is 19.1. The van der Waals surface area contributed by atoms with Crippen LogP contribution in [0.1, 0.15) is 33.6 Å². The number of piperidine rings is 1. The number of halogens is 1. The highest BCUT2D eigenvalue weighted by molar-refractivity contribution is 7.98. The fourth-order valence-corrected chi connectivity index (χ4v) is 3.20. The van der Waals surface area contributed by atoms with Crippen LogP contribution in [0.4, 0.5) is 10.6 Å². The summed E-state index contributed by atoms with van der Waals surface area (Å²) >= 11 is 7.56. The fraction of sp³-hybridized carbons (Fsp3) is 0.688. The molecule has 0 aliphatic carbocycles. The zero-order chi connectivity index (χ0) is 17.9. The molecule has 1 aliphatic heterocycles. The van der Waals surface area contributed by atoms with E-state index in [2.05, 4.69) is 14.9 Å². The minimum Gasteiger partial charge on any atom is -0.444 e. The molecule has 0 bridgehead atoms. The molecule has 134 valence electrons. The van der Waals surface area contributed by atoms with Crippen LogP contribution in [0, 0.1) is 0 Å². The molecule has 6 nitrogen and oxygen atoms in total. The van der Waals surface area contributed by atoms with Crippen molar-refractivity contribution in [1.29, 1.82) is 0 Å². The summed E-state index contributed by atoms with van der Waals surface area (Å²) in [5.41, 5.74) is -0.493. The molecule has 1 aliphatic rings. The van der Waals surface area contributed by atoms with Crippen molar-refractivity contribution in [1.82, 2.24) is 14.9 Å². The molecule has 1 aromatic rings. The van der Waals surface area contributed by atoms with Gasteiger partial charge in [-0.25, -0.2) is 14.8 Å². The van der Waals surface area contributed by atoms with Crippen LogP contribution in [0.15, 0.2) is 11.2 Å². The smallest absolute Gasteiger partial charge is 0.410 e. The lowest BCUT2D eigenvalue weighted by atomic mass is 10.0. The van der Waals surface area contributed by atoms with Crippen molar-refractivity contribution in [2.24, 2.45) is 0 Å². The van der Waals surface area contributed by atoms with Crippen molar-refractivity contribution < 1.29 is 9.53 Å². The van der Waals surface area contributed by atoms with Gasteiger partial charge in [0.25, 0.3) is 0 Å². The number of hydrogen-bond acceptors (Lipinski definition) is 6. The predicted octanol–water partition coefficient (Wildman–Crippen LogP) is 3.69. The van der Waals surface area contributed by atoms with Crippen LogP contribution in [0.2, 0.25) is 5.15 Å². The molecule has 0 aromatic carbocycles. The number of anilines is 1. The Morgan fingerprint density at radius 2 is 2.17 bits per heavy atom. The normalized spacial score (nSPS) is 18.4. The summed E-state index contributed by atoms with van der Waals surface area (Å²) in [5, 5.41) is 1.09. The van der Waals surface area contributed by atoms with Gasteiger partial charge in [-0.3, -0.25) is 0 Å². The zero-order valence-electron chi connectivity index (χ0n) is 14.9. The lowest BCUT2D eigenvalue weighted by Gasteiger charge is -2.38. The fourth-order valence-electron chi connectivity index (χ4n) is 2.60. The third kappa shape index (κ3) is 5.14. The minimum absolute atomic E-state index is 0.0834. The van der Waals surface area contributed by atoms with Gasteiger partial charge in [0.2, 0.25) is 0 Å². The molecule has 1 saturated heterocycles. The number of aromatic nitrogens is 2. The zero-order valence-corrected chi connectivity index (χ0v) is 16.4. The molecule has 24 heavy (non-hydrogen) atoms. The summed E-state index contributed by atoms with van der Waals surface area (Å²) in [5.74, 6) is 0.807. The maximum absolute atomic E-state index is 12.3. The summed E-state index contributed by atoms with van der Waals surface area (Å²) in [6.07, 6.45) is 3.55. The van der Waals surface area contributed by atoms with E-state index in [0.717, 1.165) is 25.2 Å². The maximum Gasteiger partial charge on any atom is 0.410 e. The van der Waals surface area contributed by atoms with Gasteiger partial charge in [-0.2, -0.15) is 0 Å². The Morgan fingerprint density at radius 1 is 1.46 bits per heavy atom. The molecule has 1 aromatic heterocycles. The van der Waals surface area contributed by atoms with Crippen molar-refractivity contribution in [3.8, 4) is 0 Å². The lowest BCUT2D eigenvalue weighted by molar-refractivity contribution is 0.0209. The molecule has 2 rings (SSSR count). The molecule has 1 atom stereocenters. The van der Waals surface area contributed by atoms with Gasteiger partial charge in [0, 0.05) is 26.2 Å². The number of amides is 1. The number of carbonyl (C=O) groups excluding carboxylic acids is 1. The Bertz CT molecular complexity index is 594. The van der Waals surface area contributed by atoms with Crippen LogP contribution in [-0.4, -0.2) is 59.0 Å². The van der Waals surface area contributed by atoms with Crippen LogP contribution in [-0.2, 0) is 4.74 Å². The van der Waals surface area contributed by atoms with E-state index in [4.69, 9.17) is 16.3 Å². The first-order valence-corrected chi connectivity index (χ1v) is 9.59. The Hall–Kier alpha value is -1.21. The van der Waals surface area contributed by atoms with Crippen molar-refractivity contribution in [3.63, 3.8) is 0 Å².